The van der Waals surface area contributed by atoms with Crippen LogP contribution in [0.1, 0.15) is 45.0 Å². The number of carbonyl (C=O) groups excluding carboxylic acids is 1. The summed E-state index contributed by atoms with van der Waals surface area (Å²) in [6, 6.07) is 0. The molecule has 0 aliphatic rings. The molecule has 0 spiro atoms. The molecule has 4 nitrogen and oxygen atoms in total. The molecule has 0 aromatic carbocycles. The number of halogens is 1. The van der Waals surface area contributed by atoms with Crippen LogP contribution in [0.2, 0.25) is 0 Å². The third-order valence-electron chi connectivity index (χ3n) is 3.82. The van der Waals surface area contributed by atoms with Crippen LogP contribution < -0.4 is 0 Å². The maximum absolute atomic E-state index is 12.6. The number of methoxy groups -OCH3 is 1. The van der Waals surface area contributed by atoms with Crippen LogP contribution in [0, 0.1) is 6.92 Å². The van der Waals surface area contributed by atoms with Gasteiger partial charge in [-0.1, -0.05) is 13.8 Å². The molecule has 1 aromatic heterocycles. The largest absolute Gasteiger partial charge is 0.370 e. The summed E-state index contributed by atoms with van der Waals surface area (Å²) >= 11 is 3.53. The Bertz CT molecular complexity index is 442. The monoisotopic (exact) mass is 330 g/mol. The van der Waals surface area contributed by atoms with Crippen molar-refractivity contribution in [2.45, 2.75) is 59.1 Å². The zero-order valence-corrected chi connectivity index (χ0v) is 14.0. The van der Waals surface area contributed by atoms with Crippen LogP contribution in [-0.2, 0) is 22.5 Å². The van der Waals surface area contributed by atoms with Gasteiger partial charge in [0.05, 0.1) is 22.3 Å². The molecule has 0 aliphatic heterocycles. The molecule has 1 aromatic rings. The molecule has 0 N–H and O–H groups in total. The van der Waals surface area contributed by atoms with Crippen molar-refractivity contribution >= 4 is 21.7 Å². The first kappa shape index (κ1) is 16.4. The van der Waals surface area contributed by atoms with Crippen molar-refractivity contribution in [3.05, 3.63) is 15.9 Å². The van der Waals surface area contributed by atoms with Gasteiger partial charge in [0.15, 0.2) is 5.78 Å². The summed E-state index contributed by atoms with van der Waals surface area (Å²) < 4.78 is 8.30. The molecule has 1 rings (SSSR count). The third kappa shape index (κ3) is 3.08. The summed E-state index contributed by atoms with van der Waals surface area (Å²) in [7, 11) is 1.61. The minimum Gasteiger partial charge on any atom is -0.370 e. The second-order valence-electron chi connectivity index (χ2n) is 4.67. The molecule has 0 atom stereocenters. The minimum atomic E-state index is -0.670. The summed E-state index contributed by atoms with van der Waals surface area (Å²) in [5.41, 5.74) is 1.19. The average molecular weight is 331 g/mol. The maximum atomic E-state index is 12.6. The number of carbonyl (C=O) groups is 1. The molecular weight excluding hydrogens is 308 g/mol. The number of nitrogens with zero attached hydrogens (tertiary/aromatic N) is 2. The van der Waals surface area contributed by atoms with Gasteiger partial charge < -0.3 is 4.74 Å². The van der Waals surface area contributed by atoms with E-state index >= 15 is 0 Å². The van der Waals surface area contributed by atoms with E-state index in [1.54, 1.807) is 7.11 Å². The Morgan fingerprint density at radius 2 is 1.95 bits per heavy atom. The first-order valence-electron chi connectivity index (χ1n) is 6.75. The van der Waals surface area contributed by atoms with Gasteiger partial charge >= 0.3 is 0 Å². The van der Waals surface area contributed by atoms with Crippen molar-refractivity contribution in [3.63, 3.8) is 0 Å². The number of hydrogen-bond donors (Lipinski definition) is 0. The van der Waals surface area contributed by atoms with Gasteiger partial charge in [-0.3, -0.25) is 9.48 Å². The molecule has 0 fully saturated rings. The Balaban J connectivity index is 3.05. The first-order chi connectivity index (χ1) is 8.95. The van der Waals surface area contributed by atoms with E-state index in [4.69, 9.17) is 4.74 Å². The lowest BCUT2D eigenvalue weighted by Gasteiger charge is -2.28. The van der Waals surface area contributed by atoms with Crippen molar-refractivity contribution < 1.29 is 9.53 Å². The van der Waals surface area contributed by atoms with E-state index in [1.165, 1.54) is 0 Å². The van der Waals surface area contributed by atoms with E-state index in [0.717, 1.165) is 22.4 Å². The molecule has 0 amide bonds. The number of Topliss-reactive ketones (excluding diaryl/α,β-unsaturated/α-hetero) is 1. The second kappa shape index (κ2) is 6.66. The number of aryl methyl sites for hydroxylation is 2. The molecule has 108 valence electrons. The molecule has 5 heteroatoms. The van der Waals surface area contributed by atoms with Crippen molar-refractivity contribution in [2.24, 2.45) is 0 Å². The van der Waals surface area contributed by atoms with Crippen molar-refractivity contribution in [1.29, 1.82) is 0 Å². The Morgan fingerprint density at radius 1 is 1.37 bits per heavy atom. The van der Waals surface area contributed by atoms with Crippen LogP contribution in [0.3, 0.4) is 0 Å². The summed E-state index contributed by atoms with van der Waals surface area (Å²) in [5.74, 6) is 0.121. The van der Waals surface area contributed by atoms with Crippen LogP contribution in [-0.4, -0.2) is 28.3 Å². The van der Waals surface area contributed by atoms with E-state index in [-0.39, 0.29) is 5.78 Å². The standard InChI is InChI=1S/C14H23BrN2O2/c1-6-14(7-2,19-5)12(18)9-11-13(15)10(4)16-17(11)8-3/h6-9H2,1-5H3. The Kier molecular flexibility index (Phi) is 5.74. The molecule has 0 unspecified atom stereocenters. The van der Waals surface area contributed by atoms with Crippen molar-refractivity contribution in [1.82, 2.24) is 9.78 Å². The summed E-state index contributed by atoms with van der Waals surface area (Å²) in [5, 5.41) is 4.42. The molecule has 0 saturated heterocycles. The molecule has 0 bridgehead atoms. The van der Waals surface area contributed by atoms with Crippen LogP contribution >= 0.6 is 15.9 Å². The number of ketones is 1. The lowest BCUT2D eigenvalue weighted by molar-refractivity contribution is -0.141. The average Bonchev–Trinajstić information content (AvgIpc) is 2.69. The van der Waals surface area contributed by atoms with Gasteiger partial charge in [-0.05, 0) is 42.6 Å². The summed E-state index contributed by atoms with van der Waals surface area (Å²) in [4.78, 5) is 12.6. The van der Waals surface area contributed by atoms with Crippen molar-refractivity contribution in [3.8, 4) is 0 Å². The highest BCUT2D eigenvalue weighted by Gasteiger charge is 2.35. The highest BCUT2D eigenvalue weighted by molar-refractivity contribution is 9.10. The van der Waals surface area contributed by atoms with Crippen LogP contribution in [0.4, 0.5) is 0 Å². The smallest absolute Gasteiger partial charge is 0.170 e. The first-order valence-corrected chi connectivity index (χ1v) is 7.55. The maximum Gasteiger partial charge on any atom is 0.170 e. The Labute approximate surface area is 123 Å². The fourth-order valence-corrected chi connectivity index (χ4v) is 2.82. The number of ether oxygens (including phenoxy) is 1. The lowest BCUT2D eigenvalue weighted by atomic mass is 9.89. The van der Waals surface area contributed by atoms with E-state index in [9.17, 15) is 4.79 Å². The van der Waals surface area contributed by atoms with E-state index in [1.807, 2.05) is 32.4 Å². The third-order valence-corrected chi connectivity index (χ3v) is 4.85. The number of hydrogen-bond acceptors (Lipinski definition) is 3. The molecule has 0 saturated carbocycles. The fraction of sp³-hybridized carbons (Fsp3) is 0.714. The fourth-order valence-electron chi connectivity index (χ4n) is 2.40. The predicted molar refractivity (Wildman–Crippen MR) is 79.4 cm³/mol. The number of aromatic nitrogens is 2. The second-order valence-corrected chi connectivity index (χ2v) is 5.46. The SMILES string of the molecule is CCn1nc(C)c(Br)c1CC(=O)C(CC)(CC)OC. The molecule has 0 radical (unpaired) electrons. The highest BCUT2D eigenvalue weighted by Crippen LogP contribution is 2.27. The van der Waals surface area contributed by atoms with Crippen molar-refractivity contribution in [2.75, 3.05) is 7.11 Å². The molecule has 19 heavy (non-hydrogen) atoms. The predicted octanol–water partition coefficient (Wildman–Crippen LogP) is 3.29. The van der Waals surface area contributed by atoms with Gasteiger partial charge in [0.1, 0.15) is 5.60 Å². The zero-order chi connectivity index (χ0) is 14.6. The van der Waals surface area contributed by atoms with Gasteiger partial charge in [-0.15, -0.1) is 0 Å². The van der Waals surface area contributed by atoms with Gasteiger partial charge in [-0.2, -0.15) is 5.10 Å². The zero-order valence-electron chi connectivity index (χ0n) is 12.4. The van der Waals surface area contributed by atoms with Gasteiger partial charge in [0.25, 0.3) is 0 Å². The normalized spacial score (nSPS) is 11.9. The van der Waals surface area contributed by atoms with Crippen LogP contribution in [0.15, 0.2) is 4.47 Å². The minimum absolute atomic E-state index is 0.121. The van der Waals surface area contributed by atoms with Gasteiger partial charge in [0, 0.05) is 13.7 Å². The van der Waals surface area contributed by atoms with Crippen LogP contribution in [0.5, 0.6) is 0 Å². The van der Waals surface area contributed by atoms with E-state index in [0.29, 0.717) is 19.3 Å². The molecular formula is C14H23BrN2O2. The molecule has 1 heterocycles. The molecule has 0 aliphatic carbocycles. The van der Waals surface area contributed by atoms with E-state index in [2.05, 4.69) is 21.0 Å². The Morgan fingerprint density at radius 3 is 2.37 bits per heavy atom. The highest BCUT2D eigenvalue weighted by atomic mass is 79.9. The lowest BCUT2D eigenvalue weighted by Crippen LogP contribution is -2.41. The number of rotatable bonds is 7. The summed E-state index contributed by atoms with van der Waals surface area (Å²) in [6.07, 6.45) is 1.73. The van der Waals surface area contributed by atoms with Gasteiger partial charge in [-0.25, -0.2) is 0 Å². The topological polar surface area (TPSA) is 44.1 Å². The van der Waals surface area contributed by atoms with Crippen LogP contribution in [0.25, 0.3) is 0 Å². The van der Waals surface area contributed by atoms with Gasteiger partial charge in [0.2, 0.25) is 0 Å². The summed E-state index contributed by atoms with van der Waals surface area (Å²) in [6.45, 7) is 8.70. The van der Waals surface area contributed by atoms with E-state index < -0.39 is 5.60 Å². The Hall–Kier alpha value is -0.680. The quantitative estimate of drug-likeness (QED) is 0.770.